The molecule has 4 heteroatoms. The Hall–Kier alpha value is -2.62. The number of ketones is 1. The topological polar surface area (TPSA) is 81.5 Å². The molecule has 20 heavy (non-hydrogen) atoms. The van der Waals surface area contributed by atoms with Gasteiger partial charge in [0.1, 0.15) is 0 Å². The molecule has 2 rings (SSSR count). The molecule has 0 spiro atoms. The lowest BCUT2D eigenvalue weighted by Crippen LogP contribution is -2.21. The number of hydrogen-bond donors (Lipinski definition) is 2. The zero-order valence-corrected chi connectivity index (χ0v) is 11.3. The summed E-state index contributed by atoms with van der Waals surface area (Å²) < 4.78 is 0. The molecule has 0 saturated heterocycles. The summed E-state index contributed by atoms with van der Waals surface area (Å²) >= 11 is 0. The minimum Gasteiger partial charge on any atom is -0.370 e. The molecule has 0 fully saturated rings. The van der Waals surface area contributed by atoms with Crippen LogP contribution in [0.4, 0.5) is 5.69 Å². The number of benzene rings is 2. The molecule has 0 aromatic heterocycles. The number of Topliss-reactive ketones (excluding diaryl/α,β-unsaturated/α-hetero) is 1. The monoisotopic (exact) mass is 267 g/mol. The Kier molecular flexibility index (Phi) is 4.15. The van der Waals surface area contributed by atoms with Gasteiger partial charge in [0.2, 0.25) is 0 Å². The highest BCUT2D eigenvalue weighted by atomic mass is 16.1. The van der Waals surface area contributed by atoms with Gasteiger partial charge in [-0.3, -0.25) is 4.79 Å². The maximum atomic E-state index is 12.1. The summed E-state index contributed by atoms with van der Waals surface area (Å²) in [5.74, 6) is 0.0776. The van der Waals surface area contributed by atoms with Gasteiger partial charge in [-0.1, -0.05) is 29.8 Å². The fraction of sp³-hybridized carbons (Fsp3) is 0.125. The van der Waals surface area contributed by atoms with Crippen LogP contribution in [-0.4, -0.2) is 11.7 Å². The Morgan fingerprint density at radius 3 is 2.15 bits per heavy atom. The van der Waals surface area contributed by atoms with Crippen molar-refractivity contribution < 1.29 is 4.79 Å². The maximum absolute atomic E-state index is 12.1. The summed E-state index contributed by atoms with van der Waals surface area (Å²) in [7, 11) is 0. The molecule has 0 amide bonds. The number of hydrogen-bond acceptors (Lipinski definition) is 2. The Balaban J connectivity index is 2.09. The molecule has 0 aliphatic carbocycles. The zero-order chi connectivity index (χ0) is 14.5. The van der Waals surface area contributed by atoms with E-state index in [1.54, 1.807) is 24.3 Å². The van der Waals surface area contributed by atoms with Gasteiger partial charge in [0, 0.05) is 12.0 Å². The van der Waals surface area contributed by atoms with Crippen molar-refractivity contribution in [2.24, 2.45) is 16.5 Å². The van der Waals surface area contributed by atoms with E-state index in [2.05, 4.69) is 4.99 Å². The number of aryl methyl sites for hydroxylation is 1. The van der Waals surface area contributed by atoms with E-state index in [9.17, 15) is 4.79 Å². The normalized spacial score (nSPS) is 10.1. The molecule has 0 aliphatic rings. The van der Waals surface area contributed by atoms with Gasteiger partial charge in [-0.2, -0.15) is 0 Å². The van der Waals surface area contributed by atoms with E-state index in [-0.39, 0.29) is 11.7 Å². The van der Waals surface area contributed by atoms with Gasteiger partial charge in [-0.25, -0.2) is 4.99 Å². The van der Waals surface area contributed by atoms with Crippen LogP contribution in [0.2, 0.25) is 0 Å². The van der Waals surface area contributed by atoms with Gasteiger partial charge < -0.3 is 11.5 Å². The van der Waals surface area contributed by atoms with Crippen molar-refractivity contribution in [1.82, 2.24) is 0 Å². The number of guanidine groups is 1. The van der Waals surface area contributed by atoms with Crippen LogP contribution in [0.1, 0.15) is 21.5 Å². The van der Waals surface area contributed by atoms with E-state index in [0.717, 1.165) is 5.56 Å². The average molecular weight is 267 g/mol. The van der Waals surface area contributed by atoms with Crippen molar-refractivity contribution in [3.63, 3.8) is 0 Å². The third-order valence-electron chi connectivity index (χ3n) is 2.93. The van der Waals surface area contributed by atoms with Crippen LogP contribution < -0.4 is 11.5 Å². The molecule has 2 aromatic rings. The van der Waals surface area contributed by atoms with Crippen molar-refractivity contribution in [3.05, 3.63) is 65.2 Å². The zero-order valence-electron chi connectivity index (χ0n) is 11.3. The first-order valence-electron chi connectivity index (χ1n) is 6.33. The fourth-order valence-corrected chi connectivity index (χ4v) is 1.86. The molecule has 0 heterocycles. The van der Waals surface area contributed by atoms with Crippen LogP contribution in [0.5, 0.6) is 0 Å². The first-order valence-corrected chi connectivity index (χ1v) is 6.33. The van der Waals surface area contributed by atoms with Crippen molar-refractivity contribution in [3.8, 4) is 0 Å². The van der Waals surface area contributed by atoms with Gasteiger partial charge in [-0.05, 0) is 36.8 Å². The molecular weight excluding hydrogens is 250 g/mol. The van der Waals surface area contributed by atoms with Gasteiger partial charge >= 0.3 is 0 Å². The molecule has 0 unspecified atom stereocenters. The molecule has 0 radical (unpaired) electrons. The second-order valence-corrected chi connectivity index (χ2v) is 4.67. The summed E-state index contributed by atoms with van der Waals surface area (Å²) in [6.07, 6.45) is 0.391. The summed E-state index contributed by atoms with van der Waals surface area (Å²) in [5.41, 5.74) is 14.1. The Bertz CT molecular complexity index is 624. The Labute approximate surface area is 118 Å². The van der Waals surface area contributed by atoms with E-state index in [1.165, 1.54) is 5.56 Å². The molecular formula is C16H17N3O. The maximum Gasteiger partial charge on any atom is 0.191 e. The molecule has 102 valence electrons. The summed E-state index contributed by atoms with van der Waals surface area (Å²) in [4.78, 5) is 16.1. The molecule has 4 N–H and O–H groups in total. The molecule has 0 saturated carbocycles. The average Bonchev–Trinajstić information content (AvgIpc) is 2.41. The third-order valence-corrected chi connectivity index (χ3v) is 2.93. The summed E-state index contributed by atoms with van der Waals surface area (Å²) in [6, 6.07) is 14.9. The number of aliphatic imine (C=N–C) groups is 1. The minimum atomic E-state index is 0.00346. The smallest absolute Gasteiger partial charge is 0.191 e. The highest BCUT2D eigenvalue weighted by Gasteiger charge is 2.07. The number of carbonyl (C=O) groups is 1. The third kappa shape index (κ3) is 3.68. The Morgan fingerprint density at radius 1 is 1.00 bits per heavy atom. The molecule has 0 bridgehead atoms. The standard InChI is InChI=1S/C16H17N3O/c1-11-2-4-12(5-3-11)10-15(20)13-6-8-14(9-7-13)19-16(17)18/h2-9H,10H2,1H3,(H4,17,18,19). The van der Waals surface area contributed by atoms with Crippen molar-refractivity contribution in [2.45, 2.75) is 13.3 Å². The number of carbonyl (C=O) groups excluding carboxylic acids is 1. The van der Waals surface area contributed by atoms with Gasteiger partial charge in [-0.15, -0.1) is 0 Å². The van der Waals surface area contributed by atoms with E-state index in [4.69, 9.17) is 11.5 Å². The van der Waals surface area contributed by atoms with Crippen LogP contribution >= 0.6 is 0 Å². The van der Waals surface area contributed by atoms with E-state index in [1.807, 2.05) is 31.2 Å². The molecule has 0 atom stereocenters. The van der Waals surface area contributed by atoms with Crippen LogP contribution in [0.3, 0.4) is 0 Å². The first kappa shape index (κ1) is 13.8. The molecule has 4 nitrogen and oxygen atoms in total. The fourth-order valence-electron chi connectivity index (χ4n) is 1.86. The first-order chi connectivity index (χ1) is 9.54. The second kappa shape index (κ2) is 6.02. The van der Waals surface area contributed by atoms with Crippen LogP contribution in [0, 0.1) is 6.92 Å². The van der Waals surface area contributed by atoms with E-state index in [0.29, 0.717) is 17.7 Å². The lowest BCUT2D eigenvalue weighted by atomic mass is 10.0. The second-order valence-electron chi connectivity index (χ2n) is 4.67. The van der Waals surface area contributed by atoms with E-state index < -0.39 is 0 Å². The highest BCUT2D eigenvalue weighted by Crippen LogP contribution is 2.15. The predicted molar refractivity (Wildman–Crippen MR) is 81.1 cm³/mol. The summed E-state index contributed by atoms with van der Waals surface area (Å²) in [6.45, 7) is 2.02. The van der Waals surface area contributed by atoms with Crippen molar-refractivity contribution in [2.75, 3.05) is 0 Å². The number of nitrogens with zero attached hydrogens (tertiary/aromatic N) is 1. The lowest BCUT2D eigenvalue weighted by Gasteiger charge is -2.03. The molecule has 2 aromatic carbocycles. The highest BCUT2D eigenvalue weighted by molar-refractivity contribution is 5.97. The number of rotatable bonds is 4. The van der Waals surface area contributed by atoms with Crippen molar-refractivity contribution in [1.29, 1.82) is 0 Å². The van der Waals surface area contributed by atoms with Crippen molar-refractivity contribution >= 4 is 17.4 Å². The largest absolute Gasteiger partial charge is 0.370 e. The van der Waals surface area contributed by atoms with E-state index >= 15 is 0 Å². The minimum absolute atomic E-state index is 0.00346. The quantitative estimate of drug-likeness (QED) is 0.506. The van der Waals surface area contributed by atoms with Crippen LogP contribution in [-0.2, 0) is 6.42 Å². The Morgan fingerprint density at radius 2 is 1.60 bits per heavy atom. The number of nitrogens with two attached hydrogens (primary N) is 2. The van der Waals surface area contributed by atoms with Crippen LogP contribution in [0.25, 0.3) is 0 Å². The predicted octanol–water partition coefficient (Wildman–Crippen LogP) is 2.33. The molecule has 0 aliphatic heterocycles. The van der Waals surface area contributed by atoms with Gasteiger partial charge in [0.15, 0.2) is 11.7 Å². The van der Waals surface area contributed by atoms with Crippen LogP contribution in [0.15, 0.2) is 53.5 Å². The lowest BCUT2D eigenvalue weighted by molar-refractivity contribution is 0.0993. The summed E-state index contributed by atoms with van der Waals surface area (Å²) in [5, 5.41) is 0. The SMILES string of the molecule is Cc1ccc(CC(=O)c2ccc(N=C(N)N)cc2)cc1. The van der Waals surface area contributed by atoms with Gasteiger partial charge in [0.25, 0.3) is 0 Å². The van der Waals surface area contributed by atoms with Gasteiger partial charge in [0.05, 0.1) is 5.69 Å².